The molecule has 4 heteroatoms. The quantitative estimate of drug-likeness (QED) is 0.911. The number of nitrogens with zero attached hydrogens (tertiary/aromatic N) is 3. The van der Waals surface area contributed by atoms with Crippen molar-refractivity contribution in [1.82, 2.24) is 14.7 Å². The lowest BCUT2D eigenvalue weighted by atomic mass is 10.1. The van der Waals surface area contributed by atoms with Gasteiger partial charge in [-0.15, -0.1) is 0 Å². The fourth-order valence-corrected chi connectivity index (χ4v) is 3.60. The van der Waals surface area contributed by atoms with Crippen LogP contribution in [0.3, 0.4) is 0 Å². The Kier molecular flexibility index (Phi) is 4.48. The SMILES string of the molecule is CN(C)CCN1CCN(C2CCc3cc(O)ccc32)CC1. The molecule has 3 rings (SSSR count). The summed E-state index contributed by atoms with van der Waals surface area (Å²) < 4.78 is 0. The zero-order chi connectivity index (χ0) is 14.8. The van der Waals surface area contributed by atoms with E-state index in [0.717, 1.165) is 13.0 Å². The summed E-state index contributed by atoms with van der Waals surface area (Å²) in [5, 5.41) is 9.61. The molecule has 0 spiro atoms. The maximum Gasteiger partial charge on any atom is 0.115 e. The molecule has 1 N–H and O–H groups in total. The molecule has 1 aromatic rings. The summed E-state index contributed by atoms with van der Waals surface area (Å²) in [6, 6.07) is 6.48. The Balaban J connectivity index is 1.57. The molecule has 2 aliphatic rings. The number of rotatable bonds is 4. The number of hydrogen-bond donors (Lipinski definition) is 1. The van der Waals surface area contributed by atoms with Gasteiger partial charge in [0.25, 0.3) is 0 Å². The van der Waals surface area contributed by atoms with Crippen molar-refractivity contribution in [3.8, 4) is 5.75 Å². The van der Waals surface area contributed by atoms with Crippen molar-refractivity contribution >= 4 is 0 Å². The molecule has 1 aromatic carbocycles. The fraction of sp³-hybridized carbons (Fsp3) is 0.647. The van der Waals surface area contributed by atoms with Crippen LogP contribution in [0.2, 0.25) is 0 Å². The average Bonchev–Trinajstić information content (AvgIpc) is 2.88. The number of fused-ring (bicyclic) bond motifs is 1. The van der Waals surface area contributed by atoms with Gasteiger partial charge < -0.3 is 10.0 Å². The predicted molar refractivity (Wildman–Crippen MR) is 85.7 cm³/mol. The molecule has 21 heavy (non-hydrogen) atoms. The lowest BCUT2D eigenvalue weighted by Gasteiger charge is -2.38. The topological polar surface area (TPSA) is 30.0 Å². The van der Waals surface area contributed by atoms with E-state index in [1.807, 2.05) is 12.1 Å². The van der Waals surface area contributed by atoms with Crippen LogP contribution in [0.25, 0.3) is 0 Å². The molecular weight excluding hydrogens is 262 g/mol. The van der Waals surface area contributed by atoms with Crippen LogP contribution in [0.4, 0.5) is 0 Å². The summed E-state index contributed by atoms with van der Waals surface area (Å²) in [5.41, 5.74) is 2.78. The Bertz CT molecular complexity index is 481. The summed E-state index contributed by atoms with van der Waals surface area (Å²) in [6.07, 6.45) is 2.31. The smallest absolute Gasteiger partial charge is 0.115 e. The second-order valence-electron chi connectivity index (χ2n) is 6.62. The van der Waals surface area contributed by atoms with Gasteiger partial charge in [-0.3, -0.25) is 9.80 Å². The average molecular weight is 289 g/mol. The van der Waals surface area contributed by atoms with Gasteiger partial charge in [-0.25, -0.2) is 0 Å². The Morgan fingerprint density at radius 2 is 1.95 bits per heavy atom. The molecule has 116 valence electrons. The van der Waals surface area contributed by atoms with Crippen molar-refractivity contribution < 1.29 is 5.11 Å². The summed E-state index contributed by atoms with van der Waals surface area (Å²) in [7, 11) is 4.28. The highest BCUT2D eigenvalue weighted by Crippen LogP contribution is 2.37. The molecule has 0 radical (unpaired) electrons. The standard InChI is InChI=1S/C17H27N3O/c1-18(2)7-8-19-9-11-20(12-10-19)17-6-3-14-13-15(21)4-5-16(14)17/h4-5,13,17,21H,3,6-12H2,1-2H3. The van der Waals surface area contributed by atoms with Crippen LogP contribution in [0.5, 0.6) is 5.75 Å². The van der Waals surface area contributed by atoms with Gasteiger partial charge in [0.1, 0.15) is 5.75 Å². The van der Waals surface area contributed by atoms with Crippen LogP contribution in [0.1, 0.15) is 23.6 Å². The van der Waals surface area contributed by atoms with Crippen molar-refractivity contribution in [2.75, 3.05) is 53.4 Å². The van der Waals surface area contributed by atoms with E-state index in [1.165, 1.54) is 50.3 Å². The van der Waals surface area contributed by atoms with Crippen LogP contribution in [-0.2, 0) is 6.42 Å². The number of hydrogen-bond acceptors (Lipinski definition) is 4. The van der Waals surface area contributed by atoms with Gasteiger partial charge in [0, 0.05) is 45.3 Å². The van der Waals surface area contributed by atoms with E-state index in [2.05, 4.69) is 34.9 Å². The second-order valence-corrected chi connectivity index (χ2v) is 6.62. The highest BCUT2D eigenvalue weighted by molar-refractivity contribution is 5.40. The van der Waals surface area contributed by atoms with Crippen molar-refractivity contribution in [3.05, 3.63) is 29.3 Å². The van der Waals surface area contributed by atoms with E-state index in [0.29, 0.717) is 11.8 Å². The molecular formula is C17H27N3O. The lowest BCUT2D eigenvalue weighted by Crippen LogP contribution is -2.48. The summed E-state index contributed by atoms with van der Waals surface area (Å²) in [6.45, 7) is 7.01. The van der Waals surface area contributed by atoms with Gasteiger partial charge in [0.2, 0.25) is 0 Å². The monoisotopic (exact) mass is 289 g/mol. The van der Waals surface area contributed by atoms with Crippen LogP contribution < -0.4 is 0 Å². The first-order valence-corrected chi connectivity index (χ1v) is 8.06. The minimum Gasteiger partial charge on any atom is -0.508 e. The first kappa shape index (κ1) is 14.8. The molecule has 1 fully saturated rings. The number of aryl methyl sites for hydroxylation is 1. The number of phenolic OH excluding ortho intramolecular Hbond substituents is 1. The first-order chi connectivity index (χ1) is 10.1. The first-order valence-electron chi connectivity index (χ1n) is 8.06. The zero-order valence-corrected chi connectivity index (χ0v) is 13.3. The lowest BCUT2D eigenvalue weighted by molar-refractivity contribution is 0.0917. The Labute approximate surface area is 128 Å². The molecule has 0 amide bonds. The van der Waals surface area contributed by atoms with Gasteiger partial charge in [-0.2, -0.15) is 0 Å². The van der Waals surface area contributed by atoms with Crippen molar-refractivity contribution in [2.45, 2.75) is 18.9 Å². The van der Waals surface area contributed by atoms with E-state index in [-0.39, 0.29) is 0 Å². The largest absolute Gasteiger partial charge is 0.508 e. The minimum atomic E-state index is 0.405. The third kappa shape index (κ3) is 3.39. The number of benzene rings is 1. The third-order valence-corrected chi connectivity index (χ3v) is 4.88. The normalized spacial score (nSPS) is 23.7. The van der Waals surface area contributed by atoms with Crippen molar-refractivity contribution in [1.29, 1.82) is 0 Å². The molecule has 1 unspecified atom stereocenters. The second kappa shape index (κ2) is 6.34. The molecule has 1 heterocycles. The summed E-state index contributed by atoms with van der Waals surface area (Å²) in [5.74, 6) is 0.405. The highest BCUT2D eigenvalue weighted by atomic mass is 16.3. The fourth-order valence-electron chi connectivity index (χ4n) is 3.60. The van der Waals surface area contributed by atoms with Gasteiger partial charge in [-0.05, 0) is 50.2 Å². The molecule has 1 saturated heterocycles. The van der Waals surface area contributed by atoms with Gasteiger partial charge >= 0.3 is 0 Å². The minimum absolute atomic E-state index is 0.405. The molecule has 0 saturated carbocycles. The van der Waals surface area contributed by atoms with Crippen molar-refractivity contribution in [2.24, 2.45) is 0 Å². The van der Waals surface area contributed by atoms with E-state index in [4.69, 9.17) is 0 Å². The molecule has 0 bridgehead atoms. The van der Waals surface area contributed by atoms with Crippen molar-refractivity contribution in [3.63, 3.8) is 0 Å². The van der Waals surface area contributed by atoms with Gasteiger partial charge in [-0.1, -0.05) is 6.07 Å². The number of likely N-dealkylation sites (N-methyl/N-ethyl adjacent to an activating group) is 1. The maximum atomic E-state index is 9.61. The number of aromatic hydroxyl groups is 1. The third-order valence-electron chi connectivity index (χ3n) is 4.88. The Morgan fingerprint density at radius 3 is 2.67 bits per heavy atom. The number of piperazine rings is 1. The highest BCUT2D eigenvalue weighted by Gasteiger charge is 2.30. The van der Waals surface area contributed by atoms with E-state index < -0.39 is 0 Å². The maximum absolute atomic E-state index is 9.61. The zero-order valence-electron chi connectivity index (χ0n) is 13.3. The van der Waals surface area contributed by atoms with Crippen LogP contribution in [-0.4, -0.2) is 73.2 Å². The summed E-state index contributed by atoms with van der Waals surface area (Å²) in [4.78, 5) is 7.46. The van der Waals surface area contributed by atoms with Gasteiger partial charge in [0.05, 0.1) is 0 Å². The van der Waals surface area contributed by atoms with Crippen LogP contribution in [0.15, 0.2) is 18.2 Å². The predicted octanol–water partition coefficient (Wildman–Crippen LogP) is 1.56. The Hall–Kier alpha value is -1.10. The van der Waals surface area contributed by atoms with Gasteiger partial charge in [0.15, 0.2) is 0 Å². The Morgan fingerprint density at radius 1 is 1.19 bits per heavy atom. The summed E-state index contributed by atoms with van der Waals surface area (Å²) >= 11 is 0. The van der Waals surface area contributed by atoms with Crippen LogP contribution in [0, 0.1) is 0 Å². The molecule has 1 aliphatic heterocycles. The van der Waals surface area contributed by atoms with E-state index in [9.17, 15) is 5.11 Å². The van der Waals surface area contributed by atoms with E-state index in [1.54, 1.807) is 0 Å². The molecule has 1 atom stereocenters. The van der Waals surface area contributed by atoms with E-state index >= 15 is 0 Å². The van der Waals surface area contributed by atoms with Crippen LogP contribution >= 0.6 is 0 Å². The number of phenols is 1. The molecule has 4 nitrogen and oxygen atoms in total. The molecule has 0 aromatic heterocycles. The molecule has 1 aliphatic carbocycles.